The minimum Gasteiger partial charge on any atom is -0.370 e. The quantitative estimate of drug-likeness (QED) is 0.149. The summed E-state index contributed by atoms with van der Waals surface area (Å²) in [5.74, 6) is -1.95. The fraction of sp³-hybridized carbons (Fsp3) is 0.280. The zero-order valence-corrected chi connectivity index (χ0v) is 23.7. The average Bonchev–Trinajstić information content (AvgIpc) is 3.53. The van der Waals surface area contributed by atoms with E-state index in [4.69, 9.17) is 16.7 Å². The molecule has 4 amide bonds. The Bertz CT molecular complexity index is 1520. The third-order valence-electron chi connectivity index (χ3n) is 5.69. The number of rotatable bonds is 10. The lowest BCUT2D eigenvalue weighted by atomic mass is 10.2. The van der Waals surface area contributed by atoms with E-state index in [-0.39, 0.29) is 54.7 Å². The van der Waals surface area contributed by atoms with Gasteiger partial charge in [0.1, 0.15) is 23.6 Å². The molecular formula is C25H32ClN11O4. The highest BCUT2D eigenvalue weighted by Gasteiger charge is 2.19. The highest BCUT2D eigenvalue weighted by Crippen LogP contribution is 2.19. The lowest BCUT2D eigenvalue weighted by molar-refractivity contribution is -0.114. The maximum Gasteiger partial charge on any atom is 0.272 e. The van der Waals surface area contributed by atoms with Crippen LogP contribution < -0.4 is 32.7 Å². The number of halogens is 1. The van der Waals surface area contributed by atoms with Gasteiger partial charge >= 0.3 is 0 Å². The van der Waals surface area contributed by atoms with Gasteiger partial charge in [0.2, 0.25) is 5.91 Å². The largest absolute Gasteiger partial charge is 0.370 e. The van der Waals surface area contributed by atoms with Crippen LogP contribution in [0, 0.1) is 11.3 Å². The molecule has 15 nitrogen and oxygen atoms in total. The molecule has 3 rings (SSSR count). The molecule has 0 aliphatic heterocycles. The van der Waals surface area contributed by atoms with Crippen LogP contribution in [0.25, 0.3) is 0 Å². The number of nitrogens with zero attached hydrogens (tertiary/aromatic N) is 5. The first-order valence-corrected chi connectivity index (χ1v) is 12.0. The van der Waals surface area contributed by atoms with Gasteiger partial charge in [-0.25, -0.2) is 4.99 Å². The van der Waals surface area contributed by atoms with E-state index in [9.17, 15) is 19.2 Å². The van der Waals surface area contributed by atoms with Crippen LogP contribution in [0.1, 0.15) is 44.8 Å². The minimum absolute atomic E-state index is 0. The number of amides is 4. The fourth-order valence-electron chi connectivity index (χ4n) is 3.82. The summed E-state index contributed by atoms with van der Waals surface area (Å²) in [7, 11) is 4.96. The number of guanidine groups is 1. The number of carbonyl (C=O) groups excluding carboxylic acids is 4. The maximum absolute atomic E-state index is 13.0. The second-order valence-corrected chi connectivity index (χ2v) is 9.11. The van der Waals surface area contributed by atoms with Crippen molar-refractivity contribution in [3.8, 4) is 6.07 Å². The summed E-state index contributed by atoms with van der Waals surface area (Å²) >= 11 is 0. The van der Waals surface area contributed by atoms with Crippen LogP contribution in [0.3, 0.4) is 0 Å². The third kappa shape index (κ3) is 8.38. The Hall–Kier alpha value is -5.23. The summed E-state index contributed by atoms with van der Waals surface area (Å²) in [5, 5.41) is 19.6. The van der Waals surface area contributed by atoms with Gasteiger partial charge in [-0.1, -0.05) is 0 Å². The van der Waals surface area contributed by atoms with Crippen molar-refractivity contribution >= 4 is 59.1 Å². The number of hydrogen-bond donors (Lipinski definition) is 6. The Balaban J connectivity index is 0.00000588. The number of aromatic nitrogens is 3. The molecule has 1 unspecified atom stereocenters. The number of nitrogens with two attached hydrogens (primary N) is 2. The zero-order valence-electron chi connectivity index (χ0n) is 22.9. The lowest BCUT2D eigenvalue weighted by Crippen LogP contribution is -2.33. The number of nitriles is 1. The number of aliphatic imine (C=N–C) groups is 1. The van der Waals surface area contributed by atoms with Crippen molar-refractivity contribution < 1.29 is 19.2 Å². The van der Waals surface area contributed by atoms with Gasteiger partial charge in [0, 0.05) is 45.8 Å². The molecule has 41 heavy (non-hydrogen) atoms. The first kappa shape index (κ1) is 32.0. The molecule has 218 valence electrons. The molecule has 1 atom stereocenters. The van der Waals surface area contributed by atoms with Crippen LogP contribution in [-0.2, 0) is 25.9 Å². The summed E-state index contributed by atoms with van der Waals surface area (Å²) < 4.78 is 4.65. The van der Waals surface area contributed by atoms with Crippen LogP contribution >= 0.6 is 12.4 Å². The van der Waals surface area contributed by atoms with Gasteiger partial charge in [-0.3, -0.25) is 19.2 Å². The molecule has 0 spiro atoms. The van der Waals surface area contributed by atoms with Gasteiger partial charge in [-0.05, 0) is 25.1 Å². The topological polar surface area (TPSA) is 219 Å². The maximum atomic E-state index is 13.0. The van der Waals surface area contributed by atoms with E-state index in [1.807, 2.05) is 6.07 Å². The summed E-state index contributed by atoms with van der Waals surface area (Å²) in [5.41, 5.74) is 12.4. The van der Waals surface area contributed by atoms with Crippen LogP contribution in [-0.4, -0.2) is 55.9 Å². The van der Waals surface area contributed by atoms with E-state index in [0.717, 1.165) is 0 Å². The Morgan fingerprint density at radius 2 is 1.24 bits per heavy atom. The second-order valence-electron chi connectivity index (χ2n) is 9.11. The monoisotopic (exact) mass is 585 g/mol. The van der Waals surface area contributed by atoms with Crippen molar-refractivity contribution in [2.75, 3.05) is 22.5 Å². The van der Waals surface area contributed by atoms with Crippen molar-refractivity contribution in [3.05, 3.63) is 53.9 Å². The highest BCUT2D eigenvalue weighted by atomic mass is 35.5. The Morgan fingerprint density at radius 1 is 0.829 bits per heavy atom. The molecule has 0 aliphatic rings. The predicted molar refractivity (Wildman–Crippen MR) is 156 cm³/mol. The number of hydrogen-bond acceptors (Lipinski definition) is 6. The van der Waals surface area contributed by atoms with E-state index in [2.05, 4.69) is 26.3 Å². The SMILES string of the molecule is CC(CC#N)NC(=O)c1cc(NC(=O)c2cc(NC(=O)c3cc(NC(=O)CN=C(N)N)cn3C)cn2C)cn1C.Cl. The van der Waals surface area contributed by atoms with Crippen molar-refractivity contribution in [2.45, 2.75) is 19.4 Å². The standard InChI is InChI=1S/C25H31N11O4.ClH/c1-14(5-6-26)30-22(38)18-8-16(12-35(18)3)32-24(40)20-9-17(13-36(20)4)33-23(39)19-7-15(11-34(19)2)31-21(37)10-29-25(27)28;/h7-9,11-14H,5,10H2,1-4H3,(H,30,38)(H,31,37)(H,32,40)(H,33,39)(H4,27,28,29);1H. The first-order valence-electron chi connectivity index (χ1n) is 12.0. The predicted octanol–water partition coefficient (Wildman–Crippen LogP) is 0.872. The summed E-state index contributed by atoms with van der Waals surface area (Å²) in [6.07, 6.45) is 4.91. The van der Waals surface area contributed by atoms with Gasteiger partial charge in [0.15, 0.2) is 5.96 Å². The number of nitrogens with one attached hydrogen (secondary N) is 4. The van der Waals surface area contributed by atoms with Gasteiger partial charge in [0.05, 0.1) is 29.6 Å². The molecule has 3 aromatic rings. The van der Waals surface area contributed by atoms with Crippen LogP contribution in [0.2, 0.25) is 0 Å². The fourth-order valence-corrected chi connectivity index (χ4v) is 3.82. The van der Waals surface area contributed by atoms with Crippen molar-refractivity contribution in [3.63, 3.8) is 0 Å². The molecule has 8 N–H and O–H groups in total. The molecule has 3 aromatic heterocycles. The molecule has 0 radical (unpaired) electrons. The van der Waals surface area contributed by atoms with Gasteiger partial charge < -0.3 is 46.4 Å². The van der Waals surface area contributed by atoms with Gasteiger partial charge in [-0.2, -0.15) is 5.26 Å². The number of carbonyl (C=O) groups is 4. The molecule has 3 heterocycles. The minimum atomic E-state index is -0.464. The molecular weight excluding hydrogens is 554 g/mol. The lowest BCUT2D eigenvalue weighted by Gasteiger charge is -2.10. The van der Waals surface area contributed by atoms with Gasteiger partial charge in [0.25, 0.3) is 17.7 Å². The smallest absolute Gasteiger partial charge is 0.272 e. The molecule has 0 bridgehead atoms. The molecule has 0 saturated heterocycles. The van der Waals surface area contributed by atoms with E-state index in [1.165, 1.54) is 22.8 Å². The molecule has 0 aromatic carbocycles. The van der Waals surface area contributed by atoms with Crippen LogP contribution in [0.5, 0.6) is 0 Å². The number of anilines is 3. The first-order chi connectivity index (χ1) is 18.9. The highest BCUT2D eigenvalue weighted by molar-refractivity contribution is 6.07. The number of aryl methyl sites for hydroxylation is 3. The van der Waals surface area contributed by atoms with E-state index >= 15 is 0 Å². The van der Waals surface area contributed by atoms with Crippen molar-refractivity contribution in [1.29, 1.82) is 5.26 Å². The van der Waals surface area contributed by atoms with E-state index < -0.39 is 17.7 Å². The van der Waals surface area contributed by atoms with Crippen molar-refractivity contribution in [1.82, 2.24) is 19.0 Å². The Kier molecular flexibility index (Phi) is 10.7. The summed E-state index contributed by atoms with van der Waals surface area (Å²) in [6, 6.07) is 6.21. The Labute approximate surface area is 242 Å². The third-order valence-corrected chi connectivity index (χ3v) is 5.69. The Morgan fingerprint density at radius 3 is 1.66 bits per heavy atom. The molecule has 0 aliphatic carbocycles. The van der Waals surface area contributed by atoms with Crippen LogP contribution in [0.4, 0.5) is 17.1 Å². The van der Waals surface area contributed by atoms with Crippen LogP contribution in [0.15, 0.2) is 41.8 Å². The van der Waals surface area contributed by atoms with Crippen molar-refractivity contribution in [2.24, 2.45) is 37.6 Å². The average molecular weight is 586 g/mol. The van der Waals surface area contributed by atoms with Gasteiger partial charge in [-0.15, -0.1) is 12.4 Å². The summed E-state index contributed by atoms with van der Waals surface area (Å²) in [4.78, 5) is 53.9. The second kappa shape index (κ2) is 13.7. The molecule has 0 fully saturated rings. The van der Waals surface area contributed by atoms with E-state index in [1.54, 1.807) is 55.8 Å². The van der Waals surface area contributed by atoms with E-state index in [0.29, 0.717) is 22.8 Å². The molecule has 0 saturated carbocycles. The summed E-state index contributed by atoms with van der Waals surface area (Å²) in [6.45, 7) is 1.47. The molecule has 16 heteroatoms. The zero-order chi connectivity index (χ0) is 29.6. The normalized spacial score (nSPS) is 10.9.